The van der Waals surface area contributed by atoms with Crippen LogP contribution in [0.1, 0.15) is 0 Å². The average molecular weight is 372 g/mol. The van der Waals surface area contributed by atoms with Crippen molar-refractivity contribution >= 4 is 37.5 Å². The molecule has 0 unspecified atom stereocenters. The van der Waals surface area contributed by atoms with Crippen LogP contribution >= 0.6 is 11.6 Å². The van der Waals surface area contributed by atoms with Crippen LogP contribution in [0.2, 0.25) is 5.02 Å². The summed E-state index contributed by atoms with van der Waals surface area (Å²) in [5.74, 6) is 0. The van der Waals surface area contributed by atoms with E-state index in [0.717, 1.165) is 12.5 Å². The predicted octanol–water partition coefficient (Wildman–Crippen LogP) is 1.10. The minimum atomic E-state index is -3.54. The van der Waals surface area contributed by atoms with E-state index in [2.05, 4.69) is 0 Å². The summed E-state index contributed by atoms with van der Waals surface area (Å²) in [5, 5.41) is 0.459. The van der Waals surface area contributed by atoms with Crippen molar-refractivity contribution in [1.29, 1.82) is 0 Å². The Morgan fingerprint density at radius 1 is 0.955 bits per heavy atom. The molecule has 0 bridgehead atoms. The van der Waals surface area contributed by atoms with E-state index in [1.165, 1.54) is 0 Å². The number of rotatable bonds is 9. The van der Waals surface area contributed by atoms with E-state index in [4.69, 9.17) is 20.0 Å². The molecule has 0 aliphatic heterocycles. The van der Waals surface area contributed by atoms with Gasteiger partial charge in [0.25, 0.3) is 20.2 Å². The van der Waals surface area contributed by atoms with Gasteiger partial charge >= 0.3 is 0 Å². The lowest BCUT2D eigenvalue weighted by Crippen LogP contribution is -2.32. The quantitative estimate of drug-likeness (QED) is 0.600. The van der Waals surface area contributed by atoms with Crippen LogP contribution in [0, 0.1) is 0 Å². The molecule has 0 fully saturated rings. The SMILES string of the molecule is CS(=O)(=O)OCCN(CCOS(C)(=O)=O)c1ccccc1Cl. The molecular weight excluding hydrogens is 354 g/mol. The van der Waals surface area contributed by atoms with Crippen LogP contribution in [0.15, 0.2) is 24.3 Å². The van der Waals surface area contributed by atoms with E-state index in [-0.39, 0.29) is 26.3 Å². The Labute approximate surface area is 136 Å². The maximum Gasteiger partial charge on any atom is 0.264 e. The van der Waals surface area contributed by atoms with Crippen LogP contribution in [-0.2, 0) is 28.6 Å². The molecule has 0 saturated carbocycles. The van der Waals surface area contributed by atoms with E-state index in [1.807, 2.05) is 0 Å². The first-order chi connectivity index (χ1) is 10.1. The van der Waals surface area contributed by atoms with Crippen LogP contribution in [-0.4, -0.2) is 55.7 Å². The van der Waals surface area contributed by atoms with Crippen molar-refractivity contribution in [2.45, 2.75) is 0 Å². The summed E-state index contributed by atoms with van der Waals surface area (Å²) in [6.45, 7) is 0.264. The Balaban J connectivity index is 2.75. The fourth-order valence-corrected chi connectivity index (χ4v) is 2.67. The van der Waals surface area contributed by atoms with Gasteiger partial charge < -0.3 is 4.90 Å². The second-order valence-corrected chi connectivity index (χ2v) is 8.19. The molecule has 1 rings (SSSR count). The third-order valence-electron chi connectivity index (χ3n) is 2.51. The molecule has 10 heteroatoms. The van der Waals surface area contributed by atoms with E-state index in [1.54, 1.807) is 29.2 Å². The van der Waals surface area contributed by atoms with Gasteiger partial charge in [0.1, 0.15) is 0 Å². The number of hydrogen-bond donors (Lipinski definition) is 0. The van der Waals surface area contributed by atoms with Crippen molar-refractivity contribution in [1.82, 2.24) is 0 Å². The normalized spacial score (nSPS) is 12.3. The van der Waals surface area contributed by atoms with Crippen molar-refractivity contribution in [3.63, 3.8) is 0 Å². The first-order valence-electron chi connectivity index (χ1n) is 6.27. The molecule has 0 heterocycles. The molecule has 0 N–H and O–H groups in total. The van der Waals surface area contributed by atoms with Gasteiger partial charge in [0, 0.05) is 13.1 Å². The number of benzene rings is 1. The monoisotopic (exact) mass is 371 g/mol. The number of anilines is 1. The molecule has 0 spiro atoms. The molecular formula is C12H18ClNO6S2. The number of para-hydroxylation sites is 1. The van der Waals surface area contributed by atoms with Gasteiger partial charge in [-0.15, -0.1) is 0 Å². The maximum absolute atomic E-state index is 11.0. The second kappa shape index (κ2) is 8.11. The molecule has 0 atom stereocenters. The third kappa shape index (κ3) is 7.95. The summed E-state index contributed by atoms with van der Waals surface area (Å²) in [4.78, 5) is 1.69. The van der Waals surface area contributed by atoms with Crippen LogP contribution in [0.5, 0.6) is 0 Å². The lowest BCUT2D eigenvalue weighted by atomic mass is 10.3. The highest BCUT2D eigenvalue weighted by molar-refractivity contribution is 7.86. The van der Waals surface area contributed by atoms with Crippen LogP contribution in [0.4, 0.5) is 5.69 Å². The lowest BCUT2D eigenvalue weighted by Gasteiger charge is -2.25. The van der Waals surface area contributed by atoms with Crippen molar-refractivity contribution in [2.75, 3.05) is 43.7 Å². The summed E-state index contributed by atoms with van der Waals surface area (Å²) in [5.41, 5.74) is 0.637. The van der Waals surface area contributed by atoms with Gasteiger partial charge in [0.05, 0.1) is 36.4 Å². The zero-order valence-corrected chi connectivity index (χ0v) is 14.6. The number of halogens is 1. The molecule has 22 heavy (non-hydrogen) atoms. The fourth-order valence-electron chi connectivity index (χ4n) is 1.66. The van der Waals surface area contributed by atoms with Crippen molar-refractivity contribution in [3.05, 3.63) is 29.3 Å². The Kier molecular flexibility index (Phi) is 7.07. The topological polar surface area (TPSA) is 90.0 Å². The minimum Gasteiger partial charge on any atom is -0.366 e. The highest BCUT2D eigenvalue weighted by atomic mass is 35.5. The van der Waals surface area contributed by atoms with E-state index >= 15 is 0 Å². The lowest BCUT2D eigenvalue weighted by molar-refractivity contribution is 0.309. The van der Waals surface area contributed by atoms with E-state index in [9.17, 15) is 16.8 Å². The first-order valence-corrected chi connectivity index (χ1v) is 10.3. The molecule has 0 aliphatic carbocycles. The largest absolute Gasteiger partial charge is 0.366 e. The molecule has 0 aliphatic rings. The van der Waals surface area contributed by atoms with Gasteiger partial charge in [-0.1, -0.05) is 23.7 Å². The first kappa shape index (κ1) is 19.2. The Bertz CT molecular complexity index is 651. The summed E-state index contributed by atoms with van der Waals surface area (Å²) in [6, 6.07) is 6.94. The highest BCUT2D eigenvalue weighted by Gasteiger charge is 2.13. The molecule has 126 valence electrons. The Morgan fingerprint density at radius 2 is 1.41 bits per heavy atom. The number of nitrogens with zero attached hydrogens (tertiary/aromatic N) is 1. The Hall–Kier alpha value is -0.870. The summed E-state index contributed by atoms with van der Waals surface area (Å²) < 4.78 is 53.4. The van der Waals surface area contributed by atoms with Crippen molar-refractivity contribution in [3.8, 4) is 0 Å². The molecule has 1 aromatic carbocycles. The second-order valence-electron chi connectivity index (χ2n) is 4.49. The van der Waals surface area contributed by atoms with Gasteiger partial charge in [0.2, 0.25) is 0 Å². The Morgan fingerprint density at radius 3 is 1.82 bits per heavy atom. The summed E-state index contributed by atoms with van der Waals surface area (Å²) >= 11 is 6.10. The van der Waals surface area contributed by atoms with Gasteiger partial charge in [0.15, 0.2) is 0 Å². The van der Waals surface area contributed by atoms with Gasteiger partial charge in [-0.2, -0.15) is 16.8 Å². The van der Waals surface area contributed by atoms with Crippen molar-refractivity contribution in [2.24, 2.45) is 0 Å². The zero-order valence-electron chi connectivity index (χ0n) is 12.2. The standard InChI is InChI=1S/C12H18ClNO6S2/c1-21(15,16)19-9-7-14(8-10-20-22(2,17)18)12-6-4-3-5-11(12)13/h3-6H,7-10H2,1-2H3. The predicted molar refractivity (Wildman–Crippen MR) is 85.3 cm³/mol. The molecule has 0 saturated heterocycles. The third-order valence-corrected chi connectivity index (χ3v) is 4.02. The average Bonchev–Trinajstić information content (AvgIpc) is 2.35. The van der Waals surface area contributed by atoms with Crippen LogP contribution in [0.25, 0.3) is 0 Å². The van der Waals surface area contributed by atoms with Gasteiger partial charge in [-0.25, -0.2) is 0 Å². The summed E-state index contributed by atoms with van der Waals surface area (Å²) in [7, 11) is -7.09. The zero-order chi connectivity index (χ0) is 16.8. The van der Waals surface area contributed by atoms with Gasteiger partial charge in [-0.05, 0) is 12.1 Å². The smallest absolute Gasteiger partial charge is 0.264 e. The summed E-state index contributed by atoms with van der Waals surface area (Å²) in [6.07, 6.45) is 1.92. The molecule has 0 aromatic heterocycles. The molecule has 7 nitrogen and oxygen atoms in total. The maximum atomic E-state index is 11.0. The molecule has 0 radical (unpaired) electrons. The molecule has 0 amide bonds. The van der Waals surface area contributed by atoms with Gasteiger partial charge in [-0.3, -0.25) is 8.37 Å². The minimum absolute atomic E-state index is 0.0804. The highest BCUT2D eigenvalue weighted by Crippen LogP contribution is 2.24. The number of hydrogen-bond acceptors (Lipinski definition) is 7. The fraction of sp³-hybridized carbons (Fsp3) is 0.500. The van der Waals surface area contributed by atoms with Crippen LogP contribution in [0.3, 0.4) is 0 Å². The van der Waals surface area contributed by atoms with E-state index in [0.29, 0.717) is 10.7 Å². The van der Waals surface area contributed by atoms with E-state index < -0.39 is 20.2 Å². The molecule has 1 aromatic rings. The van der Waals surface area contributed by atoms with Crippen molar-refractivity contribution < 1.29 is 25.2 Å². The van der Waals surface area contributed by atoms with Crippen LogP contribution < -0.4 is 4.90 Å².